The SMILES string of the molecule is O=C1CN(S(=O)(=O)c2ccc(C(=O)Nc3ncccc3OCc3ccncc3)cc2)CCN1. The molecule has 1 fully saturated rings. The molecule has 33 heavy (non-hydrogen) atoms. The Balaban J connectivity index is 1.45. The van der Waals surface area contributed by atoms with Crippen LogP contribution in [-0.2, 0) is 21.4 Å². The zero-order valence-corrected chi connectivity index (χ0v) is 18.3. The van der Waals surface area contributed by atoms with E-state index in [2.05, 4.69) is 20.6 Å². The molecule has 0 bridgehead atoms. The Bertz CT molecular complexity index is 1250. The first-order valence-corrected chi connectivity index (χ1v) is 11.5. The second-order valence-electron chi connectivity index (χ2n) is 7.16. The number of nitrogens with zero attached hydrogens (tertiary/aromatic N) is 3. The fourth-order valence-electron chi connectivity index (χ4n) is 3.17. The van der Waals surface area contributed by atoms with Gasteiger partial charge in [0.05, 0.1) is 11.4 Å². The summed E-state index contributed by atoms with van der Waals surface area (Å²) < 4.78 is 32.4. The number of nitrogens with one attached hydrogen (secondary N) is 2. The number of carbonyl (C=O) groups excluding carboxylic acids is 2. The third kappa shape index (κ3) is 5.33. The lowest BCUT2D eigenvalue weighted by atomic mass is 10.2. The van der Waals surface area contributed by atoms with Crippen molar-refractivity contribution < 1.29 is 22.7 Å². The van der Waals surface area contributed by atoms with Gasteiger partial charge in [0.1, 0.15) is 6.61 Å². The summed E-state index contributed by atoms with van der Waals surface area (Å²) in [5.41, 5.74) is 1.16. The van der Waals surface area contributed by atoms with Crippen molar-refractivity contribution in [2.45, 2.75) is 11.5 Å². The van der Waals surface area contributed by atoms with Gasteiger partial charge in [-0.25, -0.2) is 13.4 Å². The molecule has 0 unspecified atom stereocenters. The van der Waals surface area contributed by atoms with E-state index in [1.165, 1.54) is 30.5 Å². The monoisotopic (exact) mass is 467 g/mol. The third-order valence-corrected chi connectivity index (χ3v) is 6.76. The van der Waals surface area contributed by atoms with E-state index >= 15 is 0 Å². The summed E-state index contributed by atoms with van der Waals surface area (Å²) in [6.45, 7) is 0.497. The van der Waals surface area contributed by atoms with Gasteiger partial charge in [-0.1, -0.05) is 0 Å². The smallest absolute Gasteiger partial charge is 0.256 e. The molecule has 3 aromatic rings. The lowest BCUT2D eigenvalue weighted by molar-refractivity contribution is -0.122. The number of carbonyl (C=O) groups is 2. The number of anilines is 1. The van der Waals surface area contributed by atoms with Gasteiger partial charge in [0.2, 0.25) is 15.9 Å². The summed E-state index contributed by atoms with van der Waals surface area (Å²) >= 11 is 0. The summed E-state index contributed by atoms with van der Waals surface area (Å²) in [6.07, 6.45) is 4.85. The Morgan fingerprint density at radius 3 is 2.58 bits per heavy atom. The minimum atomic E-state index is -3.83. The van der Waals surface area contributed by atoms with Gasteiger partial charge in [0.15, 0.2) is 11.6 Å². The number of hydrogen-bond donors (Lipinski definition) is 2. The molecule has 2 aromatic heterocycles. The second-order valence-corrected chi connectivity index (χ2v) is 9.10. The molecule has 0 aliphatic carbocycles. The van der Waals surface area contributed by atoms with Gasteiger partial charge >= 0.3 is 0 Å². The molecule has 4 rings (SSSR count). The molecule has 1 saturated heterocycles. The van der Waals surface area contributed by atoms with Gasteiger partial charge in [-0.05, 0) is 54.1 Å². The lowest BCUT2D eigenvalue weighted by Crippen LogP contribution is -2.49. The number of piperazine rings is 1. The van der Waals surface area contributed by atoms with Gasteiger partial charge in [-0.3, -0.25) is 14.6 Å². The van der Waals surface area contributed by atoms with Crippen LogP contribution in [0, 0.1) is 0 Å². The van der Waals surface area contributed by atoms with Crippen LogP contribution in [0.3, 0.4) is 0 Å². The topological polar surface area (TPSA) is 131 Å². The number of rotatable bonds is 7. The molecule has 2 N–H and O–H groups in total. The quantitative estimate of drug-likeness (QED) is 0.537. The van der Waals surface area contributed by atoms with Crippen LogP contribution in [0.4, 0.5) is 5.82 Å². The number of hydrogen-bond acceptors (Lipinski definition) is 7. The molecular weight excluding hydrogens is 446 g/mol. The highest BCUT2D eigenvalue weighted by atomic mass is 32.2. The van der Waals surface area contributed by atoms with Crippen molar-refractivity contribution in [1.29, 1.82) is 0 Å². The van der Waals surface area contributed by atoms with Crippen LogP contribution in [0.1, 0.15) is 15.9 Å². The first-order chi connectivity index (χ1) is 15.9. The Kier molecular flexibility index (Phi) is 6.61. The summed E-state index contributed by atoms with van der Waals surface area (Å²) in [5.74, 6) is -0.181. The third-order valence-electron chi connectivity index (χ3n) is 4.90. The largest absolute Gasteiger partial charge is 0.485 e. The highest BCUT2D eigenvalue weighted by Crippen LogP contribution is 2.23. The normalized spacial score (nSPS) is 14.4. The Hall–Kier alpha value is -3.83. The van der Waals surface area contributed by atoms with Gasteiger partial charge in [0.25, 0.3) is 5.91 Å². The predicted octanol–water partition coefficient (Wildman–Crippen LogP) is 1.43. The molecule has 0 radical (unpaired) electrons. The van der Waals surface area contributed by atoms with E-state index in [9.17, 15) is 18.0 Å². The van der Waals surface area contributed by atoms with Crippen LogP contribution in [0.2, 0.25) is 0 Å². The summed E-state index contributed by atoms with van der Waals surface area (Å²) in [4.78, 5) is 32.4. The van der Waals surface area contributed by atoms with E-state index < -0.39 is 15.9 Å². The summed E-state index contributed by atoms with van der Waals surface area (Å²) in [7, 11) is -3.83. The van der Waals surface area contributed by atoms with Gasteiger partial charge < -0.3 is 15.4 Å². The molecule has 0 spiro atoms. The fraction of sp³-hybridized carbons (Fsp3) is 0.182. The van der Waals surface area contributed by atoms with Crippen molar-refractivity contribution in [3.8, 4) is 5.75 Å². The second kappa shape index (κ2) is 9.76. The minimum Gasteiger partial charge on any atom is -0.485 e. The van der Waals surface area contributed by atoms with Crippen molar-refractivity contribution >= 4 is 27.7 Å². The average Bonchev–Trinajstić information content (AvgIpc) is 2.84. The van der Waals surface area contributed by atoms with Gasteiger partial charge in [-0.15, -0.1) is 0 Å². The molecule has 0 saturated carbocycles. The number of aromatic nitrogens is 2. The molecule has 0 atom stereocenters. The predicted molar refractivity (Wildman–Crippen MR) is 119 cm³/mol. The van der Waals surface area contributed by atoms with Crippen LogP contribution in [-0.4, -0.2) is 54.1 Å². The molecule has 10 nitrogen and oxygen atoms in total. The van der Waals surface area contributed by atoms with Crippen LogP contribution < -0.4 is 15.4 Å². The van der Waals surface area contributed by atoms with E-state index in [0.717, 1.165) is 9.87 Å². The Morgan fingerprint density at radius 2 is 1.85 bits per heavy atom. The number of amides is 2. The average molecular weight is 468 g/mol. The Labute approximate surface area is 190 Å². The van der Waals surface area contributed by atoms with E-state index in [1.807, 2.05) is 12.1 Å². The van der Waals surface area contributed by atoms with Crippen LogP contribution in [0.5, 0.6) is 5.75 Å². The highest BCUT2D eigenvalue weighted by Gasteiger charge is 2.29. The standard InChI is InChI=1S/C22H21N5O5S/c28-20-14-27(13-12-24-20)33(30,31)18-5-3-17(4-6-18)22(29)26-21-19(2-1-9-25-21)32-15-16-7-10-23-11-8-16/h1-11H,12-15H2,(H,24,28)(H,25,26,29). The van der Waals surface area contributed by atoms with Crippen molar-refractivity contribution in [3.63, 3.8) is 0 Å². The number of ether oxygens (including phenoxy) is 1. The Morgan fingerprint density at radius 1 is 1.09 bits per heavy atom. The molecule has 1 aliphatic heterocycles. The maximum Gasteiger partial charge on any atom is 0.256 e. The number of sulfonamides is 1. The zero-order valence-electron chi connectivity index (χ0n) is 17.5. The minimum absolute atomic E-state index is 0.00737. The molecule has 170 valence electrons. The lowest BCUT2D eigenvalue weighted by Gasteiger charge is -2.25. The first-order valence-electron chi connectivity index (χ1n) is 10.1. The maximum atomic E-state index is 12.8. The van der Waals surface area contributed by atoms with Crippen molar-refractivity contribution in [1.82, 2.24) is 19.6 Å². The number of pyridine rings is 2. The van der Waals surface area contributed by atoms with Crippen LogP contribution in [0.15, 0.2) is 72.0 Å². The summed E-state index contributed by atoms with van der Waals surface area (Å²) in [6, 6.07) is 12.5. The van der Waals surface area contributed by atoms with Crippen LogP contribution >= 0.6 is 0 Å². The fourth-order valence-corrected chi connectivity index (χ4v) is 4.57. The van der Waals surface area contributed by atoms with Crippen molar-refractivity contribution in [3.05, 3.63) is 78.2 Å². The highest BCUT2D eigenvalue weighted by molar-refractivity contribution is 7.89. The molecule has 1 aromatic carbocycles. The maximum absolute atomic E-state index is 12.8. The zero-order chi connectivity index (χ0) is 23.3. The molecule has 11 heteroatoms. The van der Waals surface area contributed by atoms with E-state index in [0.29, 0.717) is 5.75 Å². The van der Waals surface area contributed by atoms with Gasteiger partial charge in [-0.2, -0.15) is 4.31 Å². The number of benzene rings is 1. The molecular formula is C22H21N5O5S. The van der Waals surface area contributed by atoms with Crippen LogP contribution in [0.25, 0.3) is 0 Å². The van der Waals surface area contributed by atoms with E-state index in [4.69, 9.17) is 4.74 Å². The molecule has 1 aliphatic rings. The molecule has 3 heterocycles. The van der Waals surface area contributed by atoms with Gasteiger partial charge in [0, 0.05) is 37.2 Å². The van der Waals surface area contributed by atoms with Crippen molar-refractivity contribution in [2.24, 2.45) is 0 Å². The summed E-state index contributed by atoms with van der Waals surface area (Å²) in [5, 5.41) is 5.28. The van der Waals surface area contributed by atoms with E-state index in [1.54, 1.807) is 24.5 Å². The van der Waals surface area contributed by atoms with E-state index in [-0.39, 0.29) is 48.4 Å². The first kappa shape index (κ1) is 22.4. The molecule has 2 amide bonds. The van der Waals surface area contributed by atoms with Crippen molar-refractivity contribution in [2.75, 3.05) is 25.0 Å².